The molecule has 0 spiro atoms. The van der Waals surface area contributed by atoms with Crippen LogP contribution in [0.5, 0.6) is 5.75 Å². The first-order valence-electron chi connectivity index (χ1n) is 6.67. The van der Waals surface area contributed by atoms with Gasteiger partial charge in [-0.2, -0.15) is 4.31 Å². The molecular weight excluding hydrogens is 294 g/mol. The number of carbonyl (C=O) groups excluding carboxylic acids is 1. The van der Waals surface area contributed by atoms with Crippen molar-refractivity contribution < 1.29 is 17.9 Å². The van der Waals surface area contributed by atoms with Crippen LogP contribution in [0.4, 0.5) is 5.69 Å². The average Bonchev–Trinajstić information content (AvgIpc) is 2.88. The molecule has 7 nitrogen and oxygen atoms in total. The van der Waals surface area contributed by atoms with Gasteiger partial charge in [-0.05, 0) is 25.0 Å². The molecule has 1 aromatic carbocycles. The Morgan fingerprint density at radius 1 is 1.43 bits per heavy atom. The number of nitrogens with two attached hydrogens (primary N) is 2. The van der Waals surface area contributed by atoms with E-state index in [2.05, 4.69) is 0 Å². The van der Waals surface area contributed by atoms with Crippen LogP contribution in [0.2, 0.25) is 0 Å². The van der Waals surface area contributed by atoms with Gasteiger partial charge in [-0.25, -0.2) is 8.42 Å². The predicted molar refractivity (Wildman–Crippen MR) is 79.1 cm³/mol. The summed E-state index contributed by atoms with van der Waals surface area (Å²) in [6.07, 6.45) is 1.12. The maximum absolute atomic E-state index is 12.2. The lowest BCUT2D eigenvalue weighted by atomic mass is 10.2. The first kappa shape index (κ1) is 15.6. The third-order valence-corrected chi connectivity index (χ3v) is 5.19. The number of rotatable bonds is 6. The van der Waals surface area contributed by atoms with Gasteiger partial charge in [-0.1, -0.05) is 6.07 Å². The zero-order valence-corrected chi connectivity index (χ0v) is 12.4. The van der Waals surface area contributed by atoms with Crippen LogP contribution in [0.25, 0.3) is 0 Å². The molecule has 0 aliphatic carbocycles. The lowest BCUT2D eigenvalue weighted by molar-refractivity contribution is -0.121. The number of carbonyl (C=O) groups is 1. The van der Waals surface area contributed by atoms with Gasteiger partial charge in [0.1, 0.15) is 18.4 Å². The largest absolute Gasteiger partial charge is 0.492 e. The van der Waals surface area contributed by atoms with Crippen LogP contribution < -0.4 is 16.2 Å². The molecule has 8 heteroatoms. The van der Waals surface area contributed by atoms with E-state index in [9.17, 15) is 13.2 Å². The molecule has 21 heavy (non-hydrogen) atoms. The van der Waals surface area contributed by atoms with Crippen LogP contribution in [0.15, 0.2) is 24.3 Å². The highest BCUT2D eigenvalue weighted by atomic mass is 32.2. The maximum Gasteiger partial charge on any atom is 0.235 e. The van der Waals surface area contributed by atoms with Crippen molar-refractivity contribution in [3.8, 4) is 5.75 Å². The molecule has 2 rings (SSSR count). The lowest BCUT2D eigenvalue weighted by Crippen LogP contribution is -2.45. The summed E-state index contributed by atoms with van der Waals surface area (Å²) in [5, 5.41) is 0. The minimum Gasteiger partial charge on any atom is -0.492 e. The van der Waals surface area contributed by atoms with Crippen LogP contribution in [-0.2, 0) is 14.8 Å². The summed E-state index contributed by atoms with van der Waals surface area (Å²) < 4.78 is 31.0. The molecule has 0 aromatic heterocycles. The number of hydrogen-bond acceptors (Lipinski definition) is 5. The van der Waals surface area contributed by atoms with Crippen LogP contribution in [0.1, 0.15) is 12.8 Å². The highest BCUT2D eigenvalue weighted by molar-refractivity contribution is 7.89. The van der Waals surface area contributed by atoms with Crippen molar-refractivity contribution in [3.05, 3.63) is 24.3 Å². The number of hydrogen-bond donors (Lipinski definition) is 2. The Hall–Kier alpha value is -1.80. The van der Waals surface area contributed by atoms with Crippen molar-refractivity contribution in [3.63, 3.8) is 0 Å². The standard InChI is InChI=1S/C13H19N3O4S/c14-10-3-1-4-11(9-10)20-7-8-21(18,19)16-6-2-5-12(16)13(15)17/h1,3-4,9,12H,2,5-8,14H2,(H2,15,17). The van der Waals surface area contributed by atoms with Gasteiger partial charge in [0.2, 0.25) is 15.9 Å². The zero-order chi connectivity index (χ0) is 15.5. The summed E-state index contributed by atoms with van der Waals surface area (Å²) in [4.78, 5) is 11.3. The van der Waals surface area contributed by atoms with E-state index in [-0.39, 0.29) is 12.4 Å². The fourth-order valence-electron chi connectivity index (χ4n) is 2.34. The quantitative estimate of drug-likeness (QED) is 0.713. The molecule has 116 valence electrons. The number of amides is 1. The van der Waals surface area contributed by atoms with Gasteiger partial charge in [-0.3, -0.25) is 4.79 Å². The van der Waals surface area contributed by atoms with E-state index in [1.807, 2.05) is 0 Å². The molecule has 1 saturated heterocycles. The lowest BCUT2D eigenvalue weighted by Gasteiger charge is -2.21. The maximum atomic E-state index is 12.2. The SMILES string of the molecule is NC(=O)C1CCCN1S(=O)(=O)CCOc1cccc(N)c1. The van der Waals surface area contributed by atoms with Crippen LogP contribution in [-0.4, -0.2) is 43.6 Å². The van der Waals surface area contributed by atoms with Gasteiger partial charge in [0, 0.05) is 18.3 Å². The Balaban J connectivity index is 1.94. The van der Waals surface area contributed by atoms with E-state index in [1.165, 1.54) is 4.31 Å². The van der Waals surface area contributed by atoms with Gasteiger partial charge in [0.25, 0.3) is 0 Å². The van der Waals surface area contributed by atoms with Crippen molar-refractivity contribution in [1.29, 1.82) is 0 Å². The molecule has 0 bridgehead atoms. The monoisotopic (exact) mass is 313 g/mol. The molecule has 1 aliphatic heterocycles. The number of nitrogen functional groups attached to an aromatic ring is 1. The topological polar surface area (TPSA) is 116 Å². The fourth-order valence-corrected chi connectivity index (χ4v) is 3.88. The summed E-state index contributed by atoms with van der Waals surface area (Å²) in [6.45, 7) is 0.321. The van der Waals surface area contributed by atoms with Gasteiger partial charge in [-0.15, -0.1) is 0 Å². The third kappa shape index (κ3) is 3.85. The van der Waals surface area contributed by atoms with E-state index in [4.69, 9.17) is 16.2 Å². The number of primary amides is 1. The molecule has 1 amide bonds. The summed E-state index contributed by atoms with van der Waals surface area (Å²) in [5.74, 6) is -0.295. The van der Waals surface area contributed by atoms with Crippen molar-refractivity contribution in [1.82, 2.24) is 4.31 Å². The summed E-state index contributed by atoms with van der Waals surface area (Å²) in [6, 6.07) is 6.02. The smallest absolute Gasteiger partial charge is 0.235 e. The predicted octanol–water partition coefficient (Wildman–Crippen LogP) is -0.0729. The van der Waals surface area contributed by atoms with Gasteiger partial charge in [0.05, 0.1) is 5.75 Å². The van der Waals surface area contributed by atoms with Crippen LogP contribution in [0.3, 0.4) is 0 Å². The number of ether oxygens (including phenoxy) is 1. The molecule has 4 N–H and O–H groups in total. The number of sulfonamides is 1. The third-order valence-electron chi connectivity index (χ3n) is 3.36. The molecule has 1 unspecified atom stereocenters. The second-order valence-corrected chi connectivity index (χ2v) is 6.95. The second kappa shape index (κ2) is 6.31. The Morgan fingerprint density at radius 3 is 2.86 bits per heavy atom. The van der Waals surface area contributed by atoms with Crippen molar-refractivity contribution in [2.75, 3.05) is 24.6 Å². The Labute approximate surface area is 123 Å². The fraction of sp³-hybridized carbons (Fsp3) is 0.462. The highest BCUT2D eigenvalue weighted by Gasteiger charge is 2.37. The second-order valence-electron chi connectivity index (χ2n) is 4.91. The molecule has 0 saturated carbocycles. The minimum atomic E-state index is -3.56. The highest BCUT2D eigenvalue weighted by Crippen LogP contribution is 2.21. The minimum absolute atomic E-state index is 0.00618. The average molecular weight is 313 g/mol. The van der Waals surface area contributed by atoms with Crippen LogP contribution in [0, 0.1) is 0 Å². The first-order valence-corrected chi connectivity index (χ1v) is 8.28. The molecule has 1 aromatic rings. The van der Waals surface area contributed by atoms with Crippen molar-refractivity contribution in [2.45, 2.75) is 18.9 Å². The Bertz CT molecular complexity index is 618. The van der Waals surface area contributed by atoms with E-state index in [1.54, 1.807) is 24.3 Å². The summed E-state index contributed by atoms with van der Waals surface area (Å²) >= 11 is 0. The number of anilines is 1. The number of benzene rings is 1. The molecular formula is C13H19N3O4S. The first-order chi connectivity index (χ1) is 9.90. The Morgan fingerprint density at radius 2 is 2.19 bits per heavy atom. The number of nitrogens with zero attached hydrogens (tertiary/aromatic N) is 1. The van der Waals surface area contributed by atoms with E-state index < -0.39 is 22.0 Å². The van der Waals surface area contributed by atoms with Crippen LogP contribution >= 0.6 is 0 Å². The summed E-state index contributed by atoms with van der Waals surface area (Å²) in [7, 11) is -3.56. The zero-order valence-electron chi connectivity index (χ0n) is 11.6. The van der Waals surface area contributed by atoms with E-state index in [0.717, 1.165) is 0 Å². The summed E-state index contributed by atoms with van der Waals surface area (Å²) in [5.41, 5.74) is 11.4. The molecule has 1 heterocycles. The Kier molecular flexibility index (Phi) is 4.69. The van der Waals surface area contributed by atoms with E-state index in [0.29, 0.717) is 30.8 Å². The molecule has 1 atom stereocenters. The molecule has 1 aliphatic rings. The van der Waals surface area contributed by atoms with Gasteiger partial charge in [0.15, 0.2) is 0 Å². The van der Waals surface area contributed by atoms with Gasteiger partial charge < -0.3 is 16.2 Å². The van der Waals surface area contributed by atoms with Crippen molar-refractivity contribution >= 4 is 21.6 Å². The normalized spacial score (nSPS) is 19.5. The molecule has 0 radical (unpaired) electrons. The van der Waals surface area contributed by atoms with Gasteiger partial charge >= 0.3 is 0 Å². The molecule has 1 fully saturated rings. The van der Waals surface area contributed by atoms with E-state index >= 15 is 0 Å². The van der Waals surface area contributed by atoms with Crippen molar-refractivity contribution in [2.24, 2.45) is 5.73 Å².